The minimum atomic E-state index is 0.475. The molecule has 0 fully saturated rings. The van der Waals surface area contributed by atoms with Gasteiger partial charge in [0, 0.05) is 28.5 Å². The molecule has 0 bridgehead atoms. The van der Waals surface area contributed by atoms with Gasteiger partial charge in [-0.05, 0) is 42.5 Å². The van der Waals surface area contributed by atoms with Crippen molar-refractivity contribution in [2.75, 3.05) is 0 Å². The van der Waals surface area contributed by atoms with Crippen LogP contribution in [-0.2, 0) is 0 Å². The van der Waals surface area contributed by atoms with Crippen molar-refractivity contribution < 1.29 is 0 Å². The van der Waals surface area contributed by atoms with Crippen LogP contribution in [0, 0.1) is 11.3 Å². The lowest BCUT2D eigenvalue weighted by atomic mass is 10.0. The highest BCUT2D eigenvalue weighted by Crippen LogP contribution is 2.28. The predicted octanol–water partition coefficient (Wildman–Crippen LogP) is 5.65. The molecule has 2 aromatic heterocycles. The molecule has 0 aliphatic carbocycles. The first-order valence-corrected chi connectivity index (χ1v) is 9.06. The van der Waals surface area contributed by atoms with Crippen LogP contribution in [0.5, 0.6) is 0 Å². The molecule has 0 radical (unpaired) electrons. The number of aromatic nitrogens is 3. The third-order valence-electron chi connectivity index (χ3n) is 4.24. The van der Waals surface area contributed by atoms with Gasteiger partial charge in [0.2, 0.25) is 0 Å². The van der Waals surface area contributed by atoms with Crippen LogP contribution in [0.3, 0.4) is 0 Å². The van der Waals surface area contributed by atoms with Gasteiger partial charge < -0.3 is 0 Å². The van der Waals surface area contributed by atoms with Gasteiger partial charge in [-0.15, -0.1) is 0 Å². The van der Waals surface area contributed by atoms with Crippen molar-refractivity contribution in [3.63, 3.8) is 0 Å². The molecule has 0 N–H and O–H groups in total. The van der Waals surface area contributed by atoms with E-state index in [0.29, 0.717) is 16.3 Å². The van der Waals surface area contributed by atoms with Crippen molar-refractivity contribution in [2.45, 2.75) is 0 Å². The maximum absolute atomic E-state index is 9.66. The number of hydrogen-bond acceptors (Lipinski definition) is 3. The topological polar surface area (TPSA) is 54.5 Å². The zero-order valence-corrected chi connectivity index (χ0v) is 15.6. The molecule has 0 atom stereocenters. The third-order valence-corrected chi connectivity index (χ3v) is 4.49. The van der Waals surface area contributed by atoms with E-state index < -0.39 is 0 Å². The Labute approximate surface area is 168 Å². The fourth-order valence-corrected chi connectivity index (χ4v) is 3.01. The second-order valence-electron chi connectivity index (χ2n) is 6.10. The van der Waals surface area contributed by atoms with Gasteiger partial charge >= 0.3 is 0 Å². The molecule has 4 aromatic rings. The average Bonchev–Trinajstić information content (AvgIpc) is 3.18. The standard InChI is InChI=1S/C23H15ClN4/c24-20-11-9-17(10-12-20)23-19(14-18(15-25)22-8-4-5-13-26-22)16-28(27-23)21-6-2-1-3-7-21/h1-14,16H/b18-14-. The number of nitrogens with zero attached hydrogens (tertiary/aromatic N) is 4. The van der Waals surface area contributed by atoms with E-state index in [0.717, 1.165) is 22.5 Å². The maximum Gasteiger partial charge on any atom is 0.101 e. The lowest BCUT2D eigenvalue weighted by molar-refractivity contribution is 0.884. The second kappa shape index (κ2) is 7.91. The molecule has 134 valence electrons. The summed E-state index contributed by atoms with van der Waals surface area (Å²) < 4.78 is 1.81. The highest BCUT2D eigenvalue weighted by atomic mass is 35.5. The molecular formula is C23H15ClN4. The summed E-state index contributed by atoms with van der Waals surface area (Å²) in [5, 5.41) is 15.1. The number of para-hydroxylation sites is 1. The van der Waals surface area contributed by atoms with Gasteiger partial charge in [-0.1, -0.05) is 48.0 Å². The van der Waals surface area contributed by atoms with Gasteiger partial charge in [0.1, 0.15) is 6.07 Å². The van der Waals surface area contributed by atoms with Gasteiger partial charge in [0.25, 0.3) is 0 Å². The summed E-state index contributed by atoms with van der Waals surface area (Å²) in [5.41, 5.74) is 4.55. The molecule has 0 spiro atoms. The largest absolute Gasteiger partial charge is 0.256 e. The minimum absolute atomic E-state index is 0.475. The van der Waals surface area contributed by atoms with E-state index in [2.05, 4.69) is 11.1 Å². The number of allylic oxidation sites excluding steroid dienone is 1. The van der Waals surface area contributed by atoms with Crippen LogP contribution in [-0.4, -0.2) is 14.8 Å². The van der Waals surface area contributed by atoms with Gasteiger partial charge in [-0.3, -0.25) is 4.98 Å². The Hall–Kier alpha value is -3.68. The second-order valence-corrected chi connectivity index (χ2v) is 6.54. The Kier molecular flexibility index (Phi) is 5.01. The smallest absolute Gasteiger partial charge is 0.101 e. The number of pyridine rings is 1. The van der Waals surface area contributed by atoms with Crippen molar-refractivity contribution in [3.05, 3.63) is 101 Å². The van der Waals surface area contributed by atoms with Crippen molar-refractivity contribution in [2.24, 2.45) is 0 Å². The van der Waals surface area contributed by atoms with E-state index in [1.165, 1.54) is 0 Å². The molecule has 4 nitrogen and oxygen atoms in total. The molecule has 0 amide bonds. The Balaban J connectivity index is 1.87. The van der Waals surface area contributed by atoms with Crippen LogP contribution in [0.1, 0.15) is 11.3 Å². The fraction of sp³-hybridized carbons (Fsp3) is 0. The van der Waals surface area contributed by atoms with E-state index in [4.69, 9.17) is 16.7 Å². The number of rotatable bonds is 4. The van der Waals surface area contributed by atoms with E-state index in [9.17, 15) is 5.26 Å². The van der Waals surface area contributed by atoms with Crippen molar-refractivity contribution in [1.29, 1.82) is 5.26 Å². The highest BCUT2D eigenvalue weighted by molar-refractivity contribution is 6.30. The SMILES string of the molecule is N#C/C(=C/c1cn(-c2ccccc2)nc1-c1ccc(Cl)cc1)c1ccccn1. The Morgan fingerprint density at radius 1 is 0.964 bits per heavy atom. The summed E-state index contributed by atoms with van der Waals surface area (Å²) >= 11 is 6.04. The summed E-state index contributed by atoms with van der Waals surface area (Å²) in [7, 11) is 0. The first kappa shape index (κ1) is 17.7. The predicted molar refractivity (Wildman–Crippen MR) is 112 cm³/mol. The summed E-state index contributed by atoms with van der Waals surface area (Å²) in [6.07, 6.45) is 5.41. The molecular weight excluding hydrogens is 368 g/mol. The van der Waals surface area contributed by atoms with E-state index in [1.807, 2.05) is 89.8 Å². The van der Waals surface area contributed by atoms with Crippen LogP contribution < -0.4 is 0 Å². The Bertz CT molecular complexity index is 1150. The van der Waals surface area contributed by atoms with Crippen molar-refractivity contribution in [1.82, 2.24) is 14.8 Å². The maximum atomic E-state index is 9.66. The summed E-state index contributed by atoms with van der Waals surface area (Å²) in [6.45, 7) is 0. The Morgan fingerprint density at radius 2 is 1.71 bits per heavy atom. The quantitative estimate of drug-likeness (QED) is 0.428. The fourth-order valence-electron chi connectivity index (χ4n) is 2.88. The zero-order chi connectivity index (χ0) is 19.3. The minimum Gasteiger partial charge on any atom is -0.256 e. The zero-order valence-electron chi connectivity index (χ0n) is 14.8. The lowest BCUT2D eigenvalue weighted by Crippen LogP contribution is -1.93. The molecule has 0 unspecified atom stereocenters. The Morgan fingerprint density at radius 3 is 2.39 bits per heavy atom. The third kappa shape index (κ3) is 3.71. The number of benzene rings is 2. The molecule has 2 heterocycles. The summed E-state index contributed by atoms with van der Waals surface area (Å²) in [4.78, 5) is 4.29. The van der Waals surface area contributed by atoms with Crippen molar-refractivity contribution in [3.8, 4) is 23.0 Å². The molecule has 0 saturated heterocycles. The number of hydrogen-bond donors (Lipinski definition) is 0. The van der Waals surface area contributed by atoms with E-state index >= 15 is 0 Å². The number of halogens is 1. The van der Waals surface area contributed by atoms with Crippen LogP contribution in [0.25, 0.3) is 28.6 Å². The van der Waals surface area contributed by atoms with Gasteiger partial charge in [-0.2, -0.15) is 10.4 Å². The first-order valence-electron chi connectivity index (χ1n) is 8.69. The molecule has 5 heteroatoms. The van der Waals surface area contributed by atoms with E-state index in [-0.39, 0.29) is 0 Å². The van der Waals surface area contributed by atoms with Crippen LogP contribution in [0.2, 0.25) is 5.02 Å². The summed E-state index contributed by atoms with van der Waals surface area (Å²) in [6, 6.07) is 25.1. The normalized spacial score (nSPS) is 11.2. The van der Waals surface area contributed by atoms with Gasteiger partial charge in [-0.25, -0.2) is 4.68 Å². The van der Waals surface area contributed by atoms with Crippen molar-refractivity contribution >= 4 is 23.3 Å². The van der Waals surface area contributed by atoms with Gasteiger partial charge in [0.05, 0.1) is 22.6 Å². The molecule has 4 rings (SSSR count). The lowest BCUT2D eigenvalue weighted by Gasteiger charge is -2.01. The summed E-state index contributed by atoms with van der Waals surface area (Å²) in [5.74, 6) is 0. The molecule has 0 aliphatic rings. The van der Waals surface area contributed by atoms with E-state index in [1.54, 1.807) is 6.20 Å². The first-order chi connectivity index (χ1) is 13.7. The molecule has 0 saturated carbocycles. The monoisotopic (exact) mass is 382 g/mol. The van der Waals surface area contributed by atoms with Gasteiger partial charge in [0.15, 0.2) is 0 Å². The van der Waals surface area contributed by atoms with Crippen LogP contribution in [0.4, 0.5) is 0 Å². The highest BCUT2D eigenvalue weighted by Gasteiger charge is 2.13. The molecule has 0 aliphatic heterocycles. The number of nitriles is 1. The average molecular weight is 383 g/mol. The molecule has 28 heavy (non-hydrogen) atoms. The van der Waals surface area contributed by atoms with Crippen LogP contribution >= 0.6 is 11.6 Å². The molecule has 2 aromatic carbocycles. The van der Waals surface area contributed by atoms with Crippen LogP contribution in [0.15, 0.2) is 85.2 Å².